The zero-order valence-electron chi connectivity index (χ0n) is 14.3. The average molecular weight is 350 g/mol. The van der Waals surface area contributed by atoms with Gasteiger partial charge in [-0.15, -0.1) is 0 Å². The first-order chi connectivity index (χ1) is 12.5. The highest BCUT2D eigenvalue weighted by molar-refractivity contribution is 5.97. The smallest absolute Gasteiger partial charge is 0.308 e. The summed E-state index contributed by atoms with van der Waals surface area (Å²) in [5.41, 5.74) is 2.06. The van der Waals surface area contributed by atoms with E-state index < -0.39 is 5.97 Å². The minimum Gasteiger partial charge on any atom is -0.457 e. The summed E-state index contributed by atoms with van der Waals surface area (Å²) in [5, 5.41) is 4.61. The number of para-hydroxylation sites is 1. The number of esters is 1. The second-order valence-electron chi connectivity index (χ2n) is 5.95. The van der Waals surface area contributed by atoms with Crippen LogP contribution in [0.4, 0.5) is 0 Å². The highest BCUT2D eigenvalue weighted by atomic mass is 16.5. The zero-order chi connectivity index (χ0) is 18.5. The van der Waals surface area contributed by atoms with Crippen LogP contribution in [0.3, 0.4) is 0 Å². The van der Waals surface area contributed by atoms with Crippen LogP contribution in [0.1, 0.15) is 22.3 Å². The van der Waals surface area contributed by atoms with Gasteiger partial charge in [0.2, 0.25) is 5.43 Å². The van der Waals surface area contributed by atoms with Gasteiger partial charge in [-0.2, -0.15) is 5.10 Å². The number of ether oxygens (including phenoxy) is 1. The number of fused-ring (bicyclic) bond motifs is 1. The highest BCUT2D eigenvalue weighted by Gasteiger charge is 2.11. The Balaban J connectivity index is 1.58. The zero-order valence-corrected chi connectivity index (χ0v) is 14.3. The van der Waals surface area contributed by atoms with E-state index in [4.69, 9.17) is 4.74 Å². The van der Waals surface area contributed by atoms with E-state index in [2.05, 4.69) is 5.10 Å². The Bertz CT molecular complexity index is 1010. The lowest BCUT2D eigenvalue weighted by Gasteiger charge is -2.09. The fourth-order valence-electron chi connectivity index (χ4n) is 2.58. The summed E-state index contributed by atoms with van der Waals surface area (Å²) in [6.07, 6.45) is 1.29. The third kappa shape index (κ3) is 4.03. The Kier molecular flexibility index (Phi) is 5.22. The van der Waals surface area contributed by atoms with Gasteiger partial charge in [0.15, 0.2) is 12.4 Å². The number of aromatic nitrogens is 2. The number of benzene rings is 2. The van der Waals surface area contributed by atoms with Gasteiger partial charge < -0.3 is 4.74 Å². The van der Waals surface area contributed by atoms with Crippen molar-refractivity contribution in [3.8, 4) is 0 Å². The molecule has 6 nitrogen and oxygen atoms in total. The number of carbonyl (C=O) groups is 2. The first-order valence-corrected chi connectivity index (χ1v) is 8.25. The molecule has 0 atom stereocenters. The fourth-order valence-corrected chi connectivity index (χ4v) is 2.58. The molecule has 0 saturated carbocycles. The highest BCUT2D eigenvalue weighted by Crippen LogP contribution is 2.09. The number of hydrogen-bond acceptors (Lipinski definition) is 5. The van der Waals surface area contributed by atoms with Crippen molar-refractivity contribution in [2.24, 2.45) is 0 Å². The van der Waals surface area contributed by atoms with Crippen molar-refractivity contribution >= 4 is 22.7 Å². The predicted molar refractivity (Wildman–Crippen MR) is 97.1 cm³/mol. The Hall–Kier alpha value is -3.28. The van der Waals surface area contributed by atoms with Gasteiger partial charge >= 0.3 is 5.97 Å². The molecule has 0 radical (unpaired) electrons. The summed E-state index contributed by atoms with van der Waals surface area (Å²) in [7, 11) is 0. The van der Waals surface area contributed by atoms with Gasteiger partial charge in [-0.1, -0.05) is 42.0 Å². The van der Waals surface area contributed by atoms with Gasteiger partial charge in [0, 0.05) is 10.9 Å². The van der Waals surface area contributed by atoms with E-state index in [0.29, 0.717) is 16.5 Å². The van der Waals surface area contributed by atoms with E-state index in [-0.39, 0.29) is 30.8 Å². The topological polar surface area (TPSA) is 78.3 Å². The third-order valence-corrected chi connectivity index (χ3v) is 4.03. The maximum absolute atomic E-state index is 12.0. The molecule has 0 aliphatic carbocycles. The first kappa shape index (κ1) is 17.5. The van der Waals surface area contributed by atoms with Gasteiger partial charge in [-0.05, 0) is 19.1 Å². The Morgan fingerprint density at radius 1 is 1.08 bits per heavy atom. The number of carbonyl (C=O) groups excluding carboxylic acids is 2. The van der Waals surface area contributed by atoms with E-state index in [9.17, 15) is 14.4 Å². The van der Waals surface area contributed by atoms with Crippen molar-refractivity contribution in [1.29, 1.82) is 0 Å². The summed E-state index contributed by atoms with van der Waals surface area (Å²) in [4.78, 5) is 35.7. The summed E-state index contributed by atoms with van der Waals surface area (Å²) >= 11 is 0. The number of rotatable bonds is 6. The van der Waals surface area contributed by atoms with E-state index in [1.807, 2.05) is 19.1 Å². The summed E-state index contributed by atoms with van der Waals surface area (Å²) < 4.78 is 6.64. The summed E-state index contributed by atoms with van der Waals surface area (Å²) in [6.45, 7) is 1.90. The molecule has 2 aromatic carbocycles. The molecule has 1 aromatic heterocycles. The molecular formula is C20H18N2O4. The fraction of sp³-hybridized carbons (Fsp3) is 0.200. The van der Waals surface area contributed by atoms with E-state index >= 15 is 0 Å². The van der Waals surface area contributed by atoms with Crippen molar-refractivity contribution < 1.29 is 14.3 Å². The minimum absolute atomic E-state index is 0.0566. The monoisotopic (exact) mass is 350 g/mol. The van der Waals surface area contributed by atoms with Crippen LogP contribution in [0, 0.1) is 6.92 Å². The summed E-state index contributed by atoms with van der Waals surface area (Å²) in [6, 6.07) is 14.2. The van der Waals surface area contributed by atoms with Crippen LogP contribution >= 0.6 is 0 Å². The lowest BCUT2D eigenvalue weighted by Crippen LogP contribution is -2.18. The third-order valence-electron chi connectivity index (χ3n) is 4.03. The normalized spacial score (nSPS) is 10.7. The van der Waals surface area contributed by atoms with Crippen molar-refractivity contribution in [1.82, 2.24) is 9.78 Å². The molecule has 0 unspecified atom stereocenters. The maximum Gasteiger partial charge on any atom is 0.308 e. The quantitative estimate of drug-likeness (QED) is 0.504. The molecule has 3 aromatic rings. The molecule has 1 heterocycles. The molecule has 0 amide bonds. The second-order valence-corrected chi connectivity index (χ2v) is 5.95. The molecule has 0 aliphatic heterocycles. The molecule has 0 fully saturated rings. The van der Waals surface area contributed by atoms with E-state index in [0.717, 1.165) is 5.56 Å². The summed E-state index contributed by atoms with van der Waals surface area (Å²) in [5.74, 6) is -0.736. The molecule has 0 N–H and O–H groups in total. The van der Waals surface area contributed by atoms with Gasteiger partial charge in [-0.3, -0.25) is 19.1 Å². The van der Waals surface area contributed by atoms with Gasteiger partial charge in [0.25, 0.3) is 0 Å². The number of aryl methyl sites for hydroxylation is 2. The van der Waals surface area contributed by atoms with E-state index in [1.165, 1.54) is 6.20 Å². The van der Waals surface area contributed by atoms with Crippen molar-refractivity contribution in [2.45, 2.75) is 19.9 Å². The molecule has 132 valence electrons. The second kappa shape index (κ2) is 7.74. The molecule has 0 spiro atoms. The molecule has 0 bridgehead atoms. The molecule has 3 rings (SSSR count). The van der Waals surface area contributed by atoms with Gasteiger partial charge in [0.1, 0.15) is 0 Å². The molecule has 0 saturated heterocycles. The molecule has 6 heteroatoms. The predicted octanol–water partition coefficient (Wildman–Crippen LogP) is 2.52. The number of hydrogen-bond donors (Lipinski definition) is 0. The molecule has 26 heavy (non-hydrogen) atoms. The molecular weight excluding hydrogens is 332 g/mol. The van der Waals surface area contributed by atoms with Gasteiger partial charge in [0.05, 0.1) is 24.7 Å². The van der Waals surface area contributed by atoms with Crippen LogP contribution in [-0.2, 0) is 16.1 Å². The van der Waals surface area contributed by atoms with Crippen LogP contribution < -0.4 is 5.43 Å². The van der Waals surface area contributed by atoms with Crippen LogP contribution in [0.5, 0.6) is 0 Å². The van der Waals surface area contributed by atoms with Crippen molar-refractivity contribution in [2.75, 3.05) is 6.61 Å². The molecule has 0 aliphatic rings. The van der Waals surface area contributed by atoms with Crippen LogP contribution in [-0.4, -0.2) is 28.1 Å². The van der Waals surface area contributed by atoms with Crippen molar-refractivity contribution in [3.05, 3.63) is 76.1 Å². The Morgan fingerprint density at radius 3 is 2.58 bits per heavy atom. The van der Waals surface area contributed by atoms with Crippen LogP contribution in [0.2, 0.25) is 0 Å². The van der Waals surface area contributed by atoms with Crippen LogP contribution in [0.15, 0.2) is 59.5 Å². The Morgan fingerprint density at radius 2 is 1.81 bits per heavy atom. The number of ketones is 1. The van der Waals surface area contributed by atoms with Crippen molar-refractivity contribution in [3.63, 3.8) is 0 Å². The maximum atomic E-state index is 12.0. The van der Waals surface area contributed by atoms with E-state index in [1.54, 1.807) is 41.1 Å². The van der Waals surface area contributed by atoms with Crippen LogP contribution in [0.25, 0.3) is 10.9 Å². The van der Waals surface area contributed by atoms with Gasteiger partial charge in [-0.25, -0.2) is 0 Å². The SMILES string of the molecule is Cc1ccc(C(=O)COC(=O)CCn2ncc(=O)c3ccccc32)cc1. The minimum atomic E-state index is -0.491. The standard InChI is InChI=1S/C20H18N2O4/c1-14-6-8-15(9-7-14)19(24)13-26-20(25)10-11-22-17-5-3-2-4-16(17)18(23)12-21-22/h2-9,12H,10-11,13H2,1H3. The lowest BCUT2D eigenvalue weighted by molar-refractivity contribution is -0.142. The Labute approximate surface area is 150 Å². The largest absolute Gasteiger partial charge is 0.457 e. The lowest BCUT2D eigenvalue weighted by atomic mass is 10.1. The number of nitrogens with zero attached hydrogens (tertiary/aromatic N) is 2. The number of Topliss-reactive ketones (excluding diaryl/α,β-unsaturated/α-hetero) is 1. The average Bonchev–Trinajstić information content (AvgIpc) is 2.66. The first-order valence-electron chi connectivity index (χ1n) is 8.25.